The minimum absolute atomic E-state index is 0.420. The molecule has 1 aromatic carbocycles. The molecule has 0 atom stereocenters. The van der Waals surface area contributed by atoms with Gasteiger partial charge in [-0.3, -0.25) is 0 Å². The van der Waals surface area contributed by atoms with Gasteiger partial charge in [0.1, 0.15) is 11.5 Å². The lowest BCUT2D eigenvalue weighted by atomic mass is 10.1. The highest BCUT2D eigenvalue weighted by atomic mass is 16.5. The number of ether oxygens (including phenoxy) is 1. The van der Waals surface area contributed by atoms with Gasteiger partial charge >= 0.3 is 0 Å². The molecule has 0 aromatic heterocycles. The van der Waals surface area contributed by atoms with E-state index in [1.807, 2.05) is 31.2 Å². The van der Waals surface area contributed by atoms with Gasteiger partial charge in [0.25, 0.3) is 0 Å². The third kappa shape index (κ3) is 3.75. The number of benzene rings is 1. The summed E-state index contributed by atoms with van der Waals surface area (Å²) in [5.74, 6) is 1.73. The summed E-state index contributed by atoms with van der Waals surface area (Å²) in [4.78, 5) is 0. The highest BCUT2D eigenvalue weighted by Gasteiger charge is 2.08. The zero-order valence-corrected chi connectivity index (χ0v) is 10.9. The van der Waals surface area contributed by atoms with Crippen LogP contribution < -0.4 is 5.73 Å². The van der Waals surface area contributed by atoms with E-state index < -0.39 is 0 Å². The summed E-state index contributed by atoms with van der Waals surface area (Å²) < 4.78 is 5.90. The molecule has 0 bridgehead atoms. The standard InChI is InChI=1S/C15H21NO/c1-4-12(3)15(17-14(5-2)11-16)13-9-7-6-8-10-13/h5-10H,4,11,16H2,1-3H3/b14-5-,15-12?. The molecule has 0 amide bonds. The van der Waals surface area contributed by atoms with E-state index in [-0.39, 0.29) is 0 Å². The zero-order valence-electron chi connectivity index (χ0n) is 10.9. The van der Waals surface area contributed by atoms with Gasteiger partial charge in [-0.15, -0.1) is 0 Å². The Morgan fingerprint density at radius 2 is 1.94 bits per heavy atom. The first kappa shape index (κ1) is 13.5. The minimum Gasteiger partial charge on any atom is -0.460 e. The minimum atomic E-state index is 0.420. The molecule has 0 saturated heterocycles. The molecule has 0 aliphatic rings. The molecule has 0 fully saturated rings. The van der Waals surface area contributed by atoms with Crippen molar-refractivity contribution in [2.45, 2.75) is 27.2 Å². The molecule has 0 heterocycles. The van der Waals surface area contributed by atoms with E-state index >= 15 is 0 Å². The van der Waals surface area contributed by atoms with E-state index in [4.69, 9.17) is 10.5 Å². The maximum atomic E-state index is 5.90. The van der Waals surface area contributed by atoms with Gasteiger partial charge in [0.15, 0.2) is 0 Å². The van der Waals surface area contributed by atoms with Crippen molar-refractivity contribution in [3.63, 3.8) is 0 Å². The second-order valence-corrected chi connectivity index (χ2v) is 3.89. The predicted octanol–water partition coefficient (Wildman–Crippen LogP) is 3.71. The maximum absolute atomic E-state index is 5.90. The molecule has 0 radical (unpaired) electrons. The van der Waals surface area contributed by atoms with Crippen molar-refractivity contribution in [2.24, 2.45) is 5.73 Å². The van der Waals surface area contributed by atoms with E-state index in [0.717, 1.165) is 23.5 Å². The largest absolute Gasteiger partial charge is 0.460 e. The van der Waals surface area contributed by atoms with Gasteiger partial charge in [0.2, 0.25) is 0 Å². The molecule has 2 heteroatoms. The number of hydrogen-bond acceptors (Lipinski definition) is 2. The lowest BCUT2D eigenvalue weighted by Gasteiger charge is -2.15. The Balaban J connectivity index is 3.07. The van der Waals surface area contributed by atoms with Crippen LogP contribution in [-0.4, -0.2) is 6.54 Å². The summed E-state index contributed by atoms with van der Waals surface area (Å²) in [6.45, 7) is 6.57. The lowest BCUT2D eigenvalue weighted by molar-refractivity contribution is 0.370. The summed E-state index contributed by atoms with van der Waals surface area (Å²) in [7, 11) is 0. The first-order valence-corrected chi connectivity index (χ1v) is 6.01. The van der Waals surface area contributed by atoms with Crippen LogP contribution in [0.15, 0.2) is 47.7 Å². The molecule has 0 aliphatic heterocycles. The molecule has 0 saturated carbocycles. The molecular weight excluding hydrogens is 210 g/mol. The van der Waals surface area contributed by atoms with Gasteiger partial charge in [0.05, 0.1) is 6.54 Å². The fourth-order valence-corrected chi connectivity index (χ4v) is 1.49. The molecule has 0 aliphatic carbocycles. The van der Waals surface area contributed by atoms with Gasteiger partial charge in [-0.1, -0.05) is 37.3 Å². The van der Waals surface area contributed by atoms with E-state index in [1.54, 1.807) is 0 Å². The van der Waals surface area contributed by atoms with E-state index in [2.05, 4.69) is 26.0 Å². The van der Waals surface area contributed by atoms with Crippen LogP contribution >= 0.6 is 0 Å². The van der Waals surface area contributed by atoms with Crippen LogP contribution in [0.4, 0.5) is 0 Å². The molecule has 0 unspecified atom stereocenters. The SMILES string of the molecule is C/C=C(/CN)OC(=C(C)CC)c1ccccc1. The first-order valence-electron chi connectivity index (χ1n) is 6.01. The summed E-state index contributed by atoms with van der Waals surface area (Å²) >= 11 is 0. The Bertz CT molecular complexity index is 404. The summed E-state index contributed by atoms with van der Waals surface area (Å²) in [6, 6.07) is 10.1. The van der Waals surface area contributed by atoms with Gasteiger partial charge in [0, 0.05) is 5.56 Å². The van der Waals surface area contributed by atoms with E-state index in [0.29, 0.717) is 6.54 Å². The van der Waals surface area contributed by atoms with Crippen molar-refractivity contribution in [3.05, 3.63) is 53.3 Å². The molecule has 1 rings (SSSR count). The number of nitrogens with two attached hydrogens (primary N) is 1. The molecule has 0 spiro atoms. The molecule has 92 valence electrons. The average molecular weight is 231 g/mol. The van der Waals surface area contributed by atoms with Crippen molar-refractivity contribution < 1.29 is 4.74 Å². The van der Waals surface area contributed by atoms with Crippen LogP contribution in [0.25, 0.3) is 5.76 Å². The van der Waals surface area contributed by atoms with E-state index in [1.165, 1.54) is 5.57 Å². The van der Waals surface area contributed by atoms with Gasteiger partial charge in [-0.2, -0.15) is 0 Å². The Morgan fingerprint density at radius 3 is 2.41 bits per heavy atom. The van der Waals surface area contributed by atoms with Crippen molar-refractivity contribution in [3.8, 4) is 0 Å². The Kier molecular flexibility index (Phi) is 5.50. The monoisotopic (exact) mass is 231 g/mol. The van der Waals surface area contributed by atoms with Crippen LogP contribution in [0.2, 0.25) is 0 Å². The van der Waals surface area contributed by atoms with E-state index in [9.17, 15) is 0 Å². The highest BCUT2D eigenvalue weighted by Crippen LogP contribution is 2.24. The van der Waals surface area contributed by atoms with Crippen molar-refractivity contribution >= 4 is 5.76 Å². The number of rotatable bonds is 5. The van der Waals surface area contributed by atoms with Crippen LogP contribution in [-0.2, 0) is 4.74 Å². The Morgan fingerprint density at radius 1 is 1.29 bits per heavy atom. The summed E-state index contributed by atoms with van der Waals surface area (Å²) in [6.07, 6.45) is 2.87. The third-order valence-corrected chi connectivity index (χ3v) is 2.71. The number of hydrogen-bond donors (Lipinski definition) is 1. The van der Waals surface area contributed by atoms with Crippen molar-refractivity contribution in [2.75, 3.05) is 6.54 Å². The fourth-order valence-electron chi connectivity index (χ4n) is 1.49. The van der Waals surface area contributed by atoms with Crippen LogP contribution in [0.3, 0.4) is 0 Å². The van der Waals surface area contributed by atoms with Crippen LogP contribution in [0.1, 0.15) is 32.8 Å². The fraction of sp³-hybridized carbons (Fsp3) is 0.333. The molecule has 17 heavy (non-hydrogen) atoms. The summed E-state index contributed by atoms with van der Waals surface area (Å²) in [5.41, 5.74) is 7.96. The van der Waals surface area contributed by atoms with Gasteiger partial charge < -0.3 is 10.5 Å². The second-order valence-electron chi connectivity index (χ2n) is 3.89. The van der Waals surface area contributed by atoms with Crippen molar-refractivity contribution in [1.29, 1.82) is 0 Å². The van der Waals surface area contributed by atoms with Crippen LogP contribution in [0.5, 0.6) is 0 Å². The zero-order chi connectivity index (χ0) is 12.7. The molecule has 2 nitrogen and oxygen atoms in total. The predicted molar refractivity (Wildman–Crippen MR) is 73.2 cm³/mol. The van der Waals surface area contributed by atoms with Gasteiger partial charge in [-0.25, -0.2) is 0 Å². The molecule has 1 aromatic rings. The summed E-state index contributed by atoms with van der Waals surface area (Å²) in [5, 5.41) is 0. The van der Waals surface area contributed by atoms with Gasteiger partial charge in [-0.05, 0) is 31.9 Å². The average Bonchev–Trinajstić information content (AvgIpc) is 2.40. The topological polar surface area (TPSA) is 35.2 Å². The van der Waals surface area contributed by atoms with Crippen molar-refractivity contribution in [1.82, 2.24) is 0 Å². The molecular formula is C15H21NO. The highest BCUT2D eigenvalue weighted by molar-refractivity contribution is 5.63. The second kappa shape index (κ2) is 6.92. The smallest absolute Gasteiger partial charge is 0.133 e. The lowest BCUT2D eigenvalue weighted by Crippen LogP contribution is -2.07. The number of allylic oxidation sites excluding steroid dienone is 2. The Hall–Kier alpha value is -1.54. The normalized spacial score (nSPS) is 13.3. The van der Waals surface area contributed by atoms with Crippen LogP contribution in [0, 0.1) is 0 Å². The third-order valence-electron chi connectivity index (χ3n) is 2.71. The quantitative estimate of drug-likeness (QED) is 0.784. The molecule has 2 N–H and O–H groups in total. The Labute approximate surface area is 104 Å². The first-order chi connectivity index (χ1) is 8.22. The maximum Gasteiger partial charge on any atom is 0.133 e.